The first-order valence-electron chi connectivity index (χ1n) is 5.87. The number of Topliss-reactive ketones (excluding diaryl/α,β-unsaturated/α-hetero) is 1. The third-order valence-corrected chi connectivity index (χ3v) is 2.51. The molecule has 0 bridgehead atoms. The zero-order valence-corrected chi connectivity index (χ0v) is 10.8. The van der Waals surface area contributed by atoms with Crippen LogP contribution in [-0.4, -0.2) is 30.9 Å². The van der Waals surface area contributed by atoms with Gasteiger partial charge in [0.25, 0.3) is 5.78 Å². The van der Waals surface area contributed by atoms with E-state index in [2.05, 4.69) is 4.74 Å². The molecule has 2 atom stereocenters. The number of hydrogen-bond acceptors (Lipinski definition) is 5. The van der Waals surface area contributed by atoms with Crippen molar-refractivity contribution in [2.24, 2.45) is 11.8 Å². The fraction of sp³-hybridized carbons (Fsp3) is 0.750. The summed E-state index contributed by atoms with van der Waals surface area (Å²) in [5.41, 5.74) is 0. The zero-order chi connectivity index (χ0) is 13.4. The fourth-order valence-electron chi connectivity index (χ4n) is 1.39. The molecule has 0 aromatic heterocycles. The molecule has 0 aromatic rings. The molecule has 0 radical (unpaired) electrons. The molecule has 0 saturated carbocycles. The summed E-state index contributed by atoms with van der Waals surface area (Å²) in [5.74, 6) is -3.74. The summed E-state index contributed by atoms with van der Waals surface area (Å²) in [6, 6.07) is 0. The summed E-state index contributed by atoms with van der Waals surface area (Å²) in [4.78, 5) is 34.8. The van der Waals surface area contributed by atoms with Crippen molar-refractivity contribution in [1.29, 1.82) is 0 Å². The monoisotopic (exact) mass is 244 g/mol. The lowest BCUT2D eigenvalue weighted by atomic mass is 9.88. The van der Waals surface area contributed by atoms with Crippen molar-refractivity contribution in [3.05, 3.63) is 0 Å². The van der Waals surface area contributed by atoms with Crippen LogP contribution in [0.1, 0.15) is 34.1 Å². The van der Waals surface area contributed by atoms with Crippen LogP contribution in [0.15, 0.2) is 0 Å². The van der Waals surface area contributed by atoms with Crippen molar-refractivity contribution < 1.29 is 23.9 Å². The van der Waals surface area contributed by atoms with Gasteiger partial charge in [-0.15, -0.1) is 0 Å². The maximum absolute atomic E-state index is 11.8. The lowest BCUT2D eigenvalue weighted by Gasteiger charge is -2.18. The normalized spacial score (nSPS) is 13.6. The van der Waals surface area contributed by atoms with Gasteiger partial charge in [-0.25, -0.2) is 4.79 Å². The van der Waals surface area contributed by atoms with E-state index in [9.17, 15) is 14.4 Å². The summed E-state index contributed by atoms with van der Waals surface area (Å²) in [7, 11) is 0. The van der Waals surface area contributed by atoms with E-state index in [0.717, 1.165) is 0 Å². The standard InChI is InChI=1S/C12H20O5/c1-5-8(4)9(11(14)16-6-2)10(13)12(15)17-7-3/h8-9H,5-7H2,1-4H3. The summed E-state index contributed by atoms with van der Waals surface area (Å²) in [5, 5.41) is 0. The minimum Gasteiger partial charge on any atom is -0.465 e. The molecule has 0 fully saturated rings. The van der Waals surface area contributed by atoms with Gasteiger partial charge in [0.15, 0.2) is 0 Å². The molecule has 17 heavy (non-hydrogen) atoms. The molecular weight excluding hydrogens is 224 g/mol. The number of carbonyl (C=O) groups excluding carboxylic acids is 3. The van der Waals surface area contributed by atoms with Gasteiger partial charge in [-0.1, -0.05) is 20.3 Å². The maximum Gasteiger partial charge on any atom is 0.375 e. The van der Waals surface area contributed by atoms with Gasteiger partial charge in [-0.2, -0.15) is 0 Å². The molecule has 0 aliphatic heterocycles. The number of hydrogen-bond donors (Lipinski definition) is 0. The number of carbonyl (C=O) groups is 3. The third-order valence-electron chi connectivity index (χ3n) is 2.51. The van der Waals surface area contributed by atoms with Gasteiger partial charge < -0.3 is 9.47 Å². The molecule has 0 rings (SSSR count). The third kappa shape index (κ3) is 4.54. The van der Waals surface area contributed by atoms with Crippen LogP contribution in [0, 0.1) is 11.8 Å². The van der Waals surface area contributed by atoms with Crippen molar-refractivity contribution in [3.8, 4) is 0 Å². The molecule has 0 N–H and O–H groups in total. The largest absolute Gasteiger partial charge is 0.465 e. The minimum absolute atomic E-state index is 0.112. The second-order valence-electron chi connectivity index (χ2n) is 3.70. The van der Waals surface area contributed by atoms with Crippen LogP contribution in [0.2, 0.25) is 0 Å². The van der Waals surface area contributed by atoms with Gasteiger partial charge in [-0.05, 0) is 19.8 Å². The Morgan fingerprint density at radius 1 is 1.00 bits per heavy atom. The van der Waals surface area contributed by atoms with Crippen molar-refractivity contribution in [2.75, 3.05) is 13.2 Å². The van der Waals surface area contributed by atoms with Crippen LogP contribution in [-0.2, 0) is 23.9 Å². The van der Waals surface area contributed by atoms with Crippen molar-refractivity contribution in [1.82, 2.24) is 0 Å². The number of esters is 2. The Bertz CT molecular complexity index is 285. The molecule has 0 aliphatic rings. The molecule has 5 heteroatoms. The van der Waals surface area contributed by atoms with Gasteiger partial charge in [0, 0.05) is 0 Å². The van der Waals surface area contributed by atoms with E-state index in [4.69, 9.17) is 4.74 Å². The summed E-state index contributed by atoms with van der Waals surface area (Å²) in [6.45, 7) is 7.13. The predicted octanol–water partition coefficient (Wildman–Crippen LogP) is 1.34. The number of ketones is 1. The van der Waals surface area contributed by atoms with Gasteiger partial charge in [0.2, 0.25) is 0 Å². The Hall–Kier alpha value is -1.39. The van der Waals surface area contributed by atoms with E-state index >= 15 is 0 Å². The molecule has 0 heterocycles. The summed E-state index contributed by atoms with van der Waals surface area (Å²) >= 11 is 0. The van der Waals surface area contributed by atoms with Crippen LogP contribution in [0.5, 0.6) is 0 Å². The first kappa shape index (κ1) is 15.6. The average Bonchev–Trinajstić information content (AvgIpc) is 2.29. The number of rotatable bonds is 7. The average molecular weight is 244 g/mol. The highest BCUT2D eigenvalue weighted by molar-refractivity contribution is 6.38. The predicted molar refractivity (Wildman–Crippen MR) is 61.2 cm³/mol. The van der Waals surface area contributed by atoms with Crippen LogP contribution in [0.3, 0.4) is 0 Å². The van der Waals surface area contributed by atoms with E-state index in [0.29, 0.717) is 6.42 Å². The van der Waals surface area contributed by atoms with Crippen LogP contribution in [0.4, 0.5) is 0 Å². The van der Waals surface area contributed by atoms with Crippen LogP contribution in [0.25, 0.3) is 0 Å². The molecule has 0 spiro atoms. The Balaban J connectivity index is 4.85. The second kappa shape index (κ2) is 7.81. The van der Waals surface area contributed by atoms with Gasteiger partial charge in [0.1, 0.15) is 5.92 Å². The first-order valence-corrected chi connectivity index (χ1v) is 5.87. The number of ether oxygens (including phenoxy) is 2. The SMILES string of the molecule is CCOC(=O)C(=O)C(C(=O)OCC)C(C)CC. The van der Waals surface area contributed by atoms with E-state index in [1.807, 2.05) is 6.92 Å². The Morgan fingerprint density at radius 2 is 1.53 bits per heavy atom. The maximum atomic E-state index is 11.8. The smallest absolute Gasteiger partial charge is 0.375 e. The molecule has 0 aliphatic carbocycles. The van der Waals surface area contributed by atoms with Gasteiger partial charge >= 0.3 is 11.9 Å². The highest BCUT2D eigenvalue weighted by Gasteiger charge is 2.37. The molecule has 0 amide bonds. The minimum atomic E-state index is -1.06. The highest BCUT2D eigenvalue weighted by Crippen LogP contribution is 2.19. The van der Waals surface area contributed by atoms with E-state index < -0.39 is 23.6 Å². The molecule has 98 valence electrons. The highest BCUT2D eigenvalue weighted by atomic mass is 16.5. The molecule has 0 saturated heterocycles. The van der Waals surface area contributed by atoms with E-state index in [-0.39, 0.29) is 19.1 Å². The lowest BCUT2D eigenvalue weighted by molar-refractivity contribution is -0.163. The molecular formula is C12H20O5. The molecule has 0 aromatic carbocycles. The molecule has 2 unspecified atom stereocenters. The van der Waals surface area contributed by atoms with Gasteiger partial charge in [-0.3, -0.25) is 9.59 Å². The summed E-state index contributed by atoms with van der Waals surface area (Å²) < 4.78 is 9.42. The van der Waals surface area contributed by atoms with Crippen LogP contribution < -0.4 is 0 Å². The van der Waals surface area contributed by atoms with Crippen molar-refractivity contribution >= 4 is 17.7 Å². The Kier molecular flexibility index (Phi) is 7.18. The Morgan fingerprint density at radius 3 is 1.94 bits per heavy atom. The first-order chi connectivity index (χ1) is 7.99. The quantitative estimate of drug-likeness (QED) is 0.384. The van der Waals surface area contributed by atoms with E-state index in [1.165, 1.54) is 0 Å². The fourth-order valence-corrected chi connectivity index (χ4v) is 1.39. The Labute approximate surface area is 101 Å². The topological polar surface area (TPSA) is 69.7 Å². The van der Waals surface area contributed by atoms with Crippen molar-refractivity contribution in [3.63, 3.8) is 0 Å². The summed E-state index contributed by atoms with van der Waals surface area (Å²) in [6.07, 6.45) is 0.606. The lowest BCUT2D eigenvalue weighted by Crippen LogP contribution is -2.37. The van der Waals surface area contributed by atoms with E-state index in [1.54, 1.807) is 20.8 Å². The molecule has 5 nitrogen and oxygen atoms in total. The van der Waals surface area contributed by atoms with Gasteiger partial charge in [0.05, 0.1) is 13.2 Å². The second-order valence-corrected chi connectivity index (χ2v) is 3.70. The van der Waals surface area contributed by atoms with Crippen molar-refractivity contribution in [2.45, 2.75) is 34.1 Å². The van der Waals surface area contributed by atoms with Crippen LogP contribution >= 0.6 is 0 Å². The zero-order valence-electron chi connectivity index (χ0n) is 10.8.